The molecular formula is C23H23N3O5. The van der Waals surface area contributed by atoms with Crippen LogP contribution in [-0.4, -0.2) is 39.4 Å². The number of aliphatic hydroxyl groups is 1. The highest BCUT2D eigenvalue weighted by atomic mass is 16.5. The summed E-state index contributed by atoms with van der Waals surface area (Å²) < 4.78 is 12.0. The Morgan fingerprint density at radius 1 is 1.29 bits per heavy atom. The number of aromatic hydroxyl groups is 1. The van der Waals surface area contributed by atoms with E-state index in [0.717, 1.165) is 11.0 Å². The molecule has 0 spiro atoms. The number of rotatable bonds is 4. The average molecular weight is 421 g/mol. The SMILES string of the molecule is Cc1cc(=O)c2c(O)cc(OCc3nc4ccccc4[nH]3)c(C3CCNCC3O)c2o1. The van der Waals surface area contributed by atoms with Gasteiger partial charge in [0.15, 0.2) is 5.43 Å². The Morgan fingerprint density at radius 3 is 2.94 bits per heavy atom. The molecule has 0 amide bonds. The van der Waals surface area contributed by atoms with E-state index in [0.29, 0.717) is 42.4 Å². The number of phenols is 1. The van der Waals surface area contributed by atoms with Gasteiger partial charge in [-0.05, 0) is 32.0 Å². The van der Waals surface area contributed by atoms with Gasteiger partial charge >= 0.3 is 0 Å². The molecule has 5 rings (SSSR count). The maximum absolute atomic E-state index is 12.6. The van der Waals surface area contributed by atoms with Crippen molar-refractivity contribution in [3.8, 4) is 11.5 Å². The Kier molecular flexibility index (Phi) is 4.88. The van der Waals surface area contributed by atoms with Crippen LogP contribution < -0.4 is 15.5 Å². The monoisotopic (exact) mass is 421 g/mol. The molecule has 2 unspecified atom stereocenters. The first-order valence-electron chi connectivity index (χ1n) is 10.3. The van der Waals surface area contributed by atoms with E-state index in [4.69, 9.17) is 9.15 Å². The van der Waals surface area contributed by atoms with Crippen LogP contribution in [0.25, 0.3) is 22.0 Å². The van der Waals surface area contributed by atoms with Crippen molar-refractivity contribution < 1.29 is 19.4 Å². The molecule has 0 aliphatic carbocycles. The normalized spacial score (nSPS) is 19.2. The highest BCUT2D eigenvalue weighted by Gasteiger charge is 2.31. The van der Waals surface area contributed by atoms with E-state index in [1.165, 1.54) is 12.1 Å². The number of phenolic OH excluding ortho intramolecular Hbond substituents is 1. The molecule has 0 bridgehead atoms. The van der Waals surface area contributed by atoms with E-state index in [9.17, 15) is 15.0 Å². The third-order valence-electron chi connectivity index (χ3n) is 5.73. The van der Waals surface area contributed by atoms with Gasteiger partial charge in [0.1, 0.15) is 40.7 Å². The fourth-order valence-corrected chi connectivity index (χ4v) is 4.30. The third-order valence-corrected chi connectivity index (χ3v) is 5.73. The lowest BCUT2D eigenvalue weighted by Crippen LogP contribution is -2.39. The quantitative estimate of drug-likeness (QED) is 0.400. The van der Waals surface area contributed by atoms with Crippen LogP contribution in [0.4, 0.5) is 0 Å². The molecule has 4 N–H and O–H groups in total. The van der Waals surface area contributed by atoms with E-state index in [2.05, 4.69) is 15.3 Å². The molecule has 1 fully saturated rings. The number of β-amino-alcohol motifs (C(OH)–C–C–N with tert-alkyl or cyclic N) is 1. The van der Waals surface area contributed by atoms with Crippen molar-refractivity contribution in [3.05, 3.63) is 63.8 Å². The van der Waals surface area contributed by atoms with Crippen LogP contribution in [0.3, 0.4) is 0 Å². The van der Waals surface area contributed by atoms with Crippen molar-refractivity contribution in [2.45, 2.75) is 32.0 Å². The number of piperidine rings is 1. The van der Waals surface area contributed by atoms with Crippen LogP contribution in [0.1, 0.15) is 29.5 Å². The van der Waals surface area contributed by atoms with Gasteiger partial charge in [0, 0.05) is 30.2 Å². The Labute approximate surface area is 177 Å². The molecule has 1 saturated heterocycles. The fraction of sp³-hybridized carbons (Fsp3) is 0.304. The summed E-state index contributed by atoms with van der Waals surface area (Å²) in [4.78, 5) is 20.3. The zero-order valence-electron chi connectivity index (χ0n) is 17.0. The number of para-hydroxylation sites is 2. The number of aryl methyl sites for hydroxylation is 1. The maximum atomic E-state index is 12.6. The minimum absolute atomic E-state index is 0.0995. The van der Waals surface area contributed by atoms with E-state index >= 15 is 0 Å². The molecule has 2 aromatic carbocycles. The number of aliphatic hydroxyl groups excluding tert-OH is 1. The van der Waals surface area contributed by atoms with Crippen LogP contribution in [-0.2, 0) is 6.61 Å². The van der Waals surface area contributed by atoms with Gasteiger partial charge < -0.3 is 29.7 Å². The molecule has 31 heavy (non-hydrogen) atoms. The van der Waals surface area contributed by atoms with Gasteiger partial charge in [-0.1, -0.05) is 12.1 Å². The molecule has 0 radical (unpaired) electrons. The Balaban J connectivity index is 1.62. The van der Waals surface area contributed by atoms with E-state index in [1.807, 2.05) is 24.3 Å². The molecular weight excluding hydrogens is 398 g/mol. The van der Waals surface area contributed by atoms with Crippen molar-refractivity contribution >= 4 is 22.0 Å². The largest absolute Gasteiger partial charge is 0.507 e. The van der Waals surface area contributed by atoms with Crippen molar-refractivity contribution in [2.75, 3.05) is 13.1 Å². The third kappa shape index (κ3) is 3.54. The van der Waals surface area contributed by atoms with E-state index in [1.54, 1.807) is 6.92 Å². The summed E-state index contributed by atoms with van der Waals surface area (Å²) >= 11 is 0. The molecule has 8 heteroatoms. The summed E-state index contributed by atoms with van der Waals surface area (Å²) in [5.74, 6) is 0.903. The van der Waals surface area contributed by atoms with Crippen molar-refractivity contribution in [1.82, 2.24) is 15.3 Å². The molecule has 1 aliphatic heterocycles. The number of nitrogens with zero attached hydrogens (tertiary/aromatic N) is 1. The molecule has 3 heterocycles. The van der Waals surface area contributed by atoms with E-state index in [-0.39, 0.29) is 34.7 Å². The number of hydrogen-bond donors (Lipinski definition) is 4. The van der Waals surface area contributed by atoms with Gasteiger partial charge in [0.25, 0.3) is 0 Å². The Hall–Kier alpha value is -3.36. The summed E-state index contributed by atoms with van der Waals surface area (Å²) in [6.07, 6.45) is -0.0412. The Bertz CT molecular complexity index is 1290. The average Bonchev–Trinajstić information content (AvgIpc) is 3.15. The lowest BCUT2D eigenvalue weighted by atomic mass is 9.86. The molecule has 0 saturated carbocycles. The van der Waals surface area contributed by atoms with Gasteiger partial charge in [-0.3, -0.25) is 4.79 Å². The molecule has 1 aliphatic rings. The predicted octanol–water partition coefficient (Wildman–Crippen LogP) is 2.70. The van der Waals surface area contributed by atoms with Crippen molar-refractivity contribution in [3.63, 3.8) is 0 Å². The number of aromatic amines is 1. The van der Waals surface area contributed by atoms with Crippen LogP contribution in [0.2, 0.25) is 0 Å². The number of aromatic nitrogens is 2. The van der Waals surface area contributed by atoms with Gasteiger partial charge in [-0.25, -0.2) is 4.98 Å². The first kappa shape index (κ1) is 19.6. The summed E-state index contributed by atoms with van der Waals surface area (Å²) in [5.41, 5.74) is 2.26. The van der Waals surface area contributed by atoms with Crippen LogP contribution in [0.15, 0.2) is 45.6 Å². The number of fused-ring (bicyclic) bond motifs is 2. The topological polar surface area (TPSA) is 121 Å². The van der Waals surface area contributed by atoms with Crippen molar-refractivity contribution in [2.24, 2.45) is 0 Å². The zero-order chi connectivity index (χ0) is 21.5. The number of hydrogen-bond acceptors (Lipinski definition) is 7. The van der Waals surface area contributed by atoms with Gasteiger partial charge in [-0.15, -0.1) is 0 Å². The van der Waals surface area contributed by atoms with Gasteiger partial charge in [-0.2, -0.15) is 0 Å². The van der Waals surface area contributed by atoms with Gasteiger partial charge in [0.05, 0.1) is 17.1 Å². The number of H-pyrrole nitrogens is 1. The molecule has 2 aromatic heterocycles. The van der Waals surface area contributed by atoms with Crippen LogP contribution >= 0.6 is 0 Å². The summed E-state index contributed by atoms with van der Waals surface area (Å²) in [7, 11) is 0. The first-order chi connectivity index (χ1) is 15.0. The number of benzene rings is 2. The smallest absolute Gasteiger partial charge is 0.196 e. The van der Waals surface area contributed by atoms with Gasteiger partial charge in [0.2, 0.25) is 0 Å². The summed E-state index contributed by atoms with van der Waals surface area (Å²) in [6, 6.07) is 10.5. The highest BCUT2D eigenvalue weighted by Crippen LogP contribution is 2.42. The first-order valence-corrected chi connectivity index (χ1v) is 10.3. The second-order valence-corrected chi connectivity index (χ2v) is 7.89. The molecule has 160 valence electrons. The number of nitrogens with one attached hydrogen (secondary N) is 2. The van der Waals surface area contributed by atoms with Crippen molar-refractivity contribution in [1.29, 1.82) is 0 Å². The lowest BCUT2D eigenvalue weighted by molar-refractivity contribution is 0.116. The summed E-state index contributed by atoms with van der Waals surface area (Å²) in [6.45, 7) is 2.95. The van der Waals surface area contributed by atoms with E-state index < -0.39 is 6.10 Å². The maximum Gasteiger partial charge on any atom is 0.196 e. The zero-order valence-corrected chi connectivity index (χ0v) is 17.0. The minimum atomic E-state index is -0.680. The molecule has 4 aromatic rings. The van der Waals surface area contributed by atoms with Crippen LogP contribution in [0, 0.1) is 6.92 Å². The standard InChI is InChI=1S/C23H23N3O5/c1-12-8-16(27)22-17(28)9-19(21(23(22)31-12)13-6-7-24-10-18(13)29)30-11-20-25-14-4-2-3-5-15(14)26-20/h2-5,8-9,13,18,24,28-29H,6-7,10-11H2,1H3,(H,25,26). The summed E-state index contributed by atoms with van der Waals surface area (Å²) in [5, 5.41) is 24.5. The second-order valence-electron chi connectivity index (χ2n) is 7.89. The number of ether oxygens (including phenoxy) is 1. The second kappa shape index (κ2) is 7.72. The van der Waals surface area contributed by atoms with Crippen LogP contribution in [0.5, 0.6) is 11.5 Å². The lowest BCUT2D eigenvalue weighted by Gasteiger charge is -2.30. The molecule has 8 nitrogen and oxygen atoms in total. The Morgan fingerprint density at radius 2 is 2.13 bits per heavy atom. The predicted molar refractivity (Wildman–Crippen MR) is 116 cm³/mol. The number of imidazole rings is 1. The highest BCUT2D eigenvalue weighted by molar-refractivity contribution is 5.88. The fourth-order valence-electron chi connectivity index (χ4n) is 4.30. The minimum Gasteiger partial charge on any atom is -0.507 e. The molecule has 2 atom stereocenters.